The molecule has 0 fully saturated rings. The fourth-order valence-electron chi connectivity index (χ4n) is 2.22. The molecule has 0 N–H and O–H groups in total. The summed E-state index contributed by atoms with van der Waals surface area (Å²) in [7, 11) is 5.04. The fourth-order valence-corrected chi connectivity index (χ4v) is 3.08. The number of aryl methyl sites for hydroxylation is 1. The Kier molecular flexibility index (Phi) is 6.55. The first kappa shape index (κ1) is 18.2. The normalized spacial score (nSPS) is 10.3. The van der Waals surface area contributed by atoms with Crippen LogP contribution in [0.3, 0.4) is 0 Å². The Labute approximate surface area is 147 Å². The van der Waals surface area contributed by atoms with Crippen molar-refractivity contribution in [3.63, 3.8) is 0 Å². The van der Waals surface area contributed by atoms with E-state index in [4.69, 9.17) is 9.47 Å². The van der Waals surface area contributed by atoms with Gasteiger partial charge in [-0.05, 0) is 30.7 Å². The van der Waals surface area contributed by atoms with Gasteiger partial charge in [0.1, 0.15) is 0 Å². The van der Waals surface area contributed by atoms with Gasteiger partial charge in [-0.15, -0.1) is 11.8 Å². The van der Waals surface area contributed by atoms with Crippen molar-refractivity contribution in [3.05, 3.63) is 53.6 Å². The summed E-state index contributed by atoms with van der Waals surface area (Å²) < 4.78 is 10.5. The van der Waals surface area contributed by atoms with Crippen LogP contribution in [0.4, 0.5) is 0 Å². The third-order valence-corrected chi connectivity index (χ3v) is 4.66. The van der Waals surface area contributed by atoms with Crippen LogP contribution in [0.25, 0.3) is 0 Å². The zero-order valence-corrected chi connectivity index (χ0v) is 15.4. The molecule has 5 heteroatoms. The highest BCUT2D eigenvalue weighted by Crippen LogP contribution is 2.31. The van der Waals surface area contributed by atoms with Gasteiger partial charge in [-0.3, -0.25) is 4.79 Å². The molecule has 2 rings (SSSR count). The monoisotopic (exact) mass is 345 g/mol. The highest BCUT2D eigenvalue weighted by atomic mass is 32.2. The van der Waals surface area contributed by atoms with Gasteiger partial charge in [0.15, 0.2) is 11.5 Å². The van der Waals surface area contributed by atoms with Crippen LogP contribution in [0.5, 0.6) is 11.5 Å². The van der Waals surface area contributed by atoms with Gasteiger partial charge in [-0.1, -0.05) is 29.8 Å². The van der Waals surface area contributed by atoms with Crippen LogP contribution in [-0.2, 0) is 11.3 Å². The van der Waals surface area contributed by atoms with Gasteiger partial charge in [-0.25, -0.2) is 0 Å². The number of ether oxygens (including phenoxy) is 2. The fraction of sp³-hybridized carbons (Fsp3) is 0.316. The van der Waals surface area contributed by atoms with Crippen molar-refractivity contribution < 1.29 is 14.3 Å². The van der Waals surface area contributed by atoms with Crippen LogP contribution >= 0.6 is 11.8 Å². The Morgan fingerprint density at radius 1 is 1.04 bits per heavy atom. The van der Waals surface area contributed by atoms with E-state index in [0.717, 1.165) is 10.5 Å². The lowest BCUT2D eigenvalue weighted by Gasteiger charge is -2.17. The second kappa shape index (κ2) is 8.64. The maximum atomic E-state index is 12.3. The SMILES string of the molecule is COc1ccc(SCC(=O)N(C)Cc2ccc(C)cc2)cc1OC. The zero-order valence-electron chi connectivity index (χ0n) is 14.5. The van der Waals surface area contributed by atoms with Gasteiger partial charge in [-0.2, -0.15) is 0 Å². The van der Waals surface area contributed by atoms with Gasteiger partial charge in [0.05, 0.1) is 20.0 Å². The summed E-state index contributed by atoms with van der Waals surface area (Å²) in [5, 5.41) is 0. The molecule has 0 aliphatic carbocycles. The number of hydrogen-bond donors (Lipinski definition) is 0. The van der Waals surface area contributed by atoms with E-state index in [2.05, 4.69) is 31.2 Å². The van der Waals surface area contributed by atoms with Gasteiger partial charge in [0.25, 0.3) is 0 Å². The van der Waals surface area contributed by atoms with Crippen molar-refractivity contribution >= 4 is 17.7 Å². The Bertz CT molecular complexity index is 686. The molecule has 0 aromatic heterocycles. The number of benzene rings is 2. The molecule has 2 aromatic rings. The minimum Gasteiger partial charge on any atom is -0.493 e. The summed E-state index contributed by atoms with van der Waals surface area (Å²) in [6.45, 7) is 2.67. The summed E-state index contributed by atoms with van der Waals surface area (Å²) in [5.41, 5.74) is 2.35. The van der Waals surface area contributed by atoms with E-state index in [-0.39, 0.29) is 5.91 Å². The summed E-state index contributed by atoms with van der Waals surface area (Å²) >= 11 is 1.49. The smallest absolute Gasteiger partial charge is 0.232 e. The number of hydrogen-bond acceptors (Lipinski definition) is 4. The summed E-state index contributed by atoms with van der Waals surface area (Å²) in [4.78, 5) is 15.0. The topological polar surface area (TPSA) is 38.8 Å². The molecule has 0 saturated heterocycles. The predicted octanol–water partition coefficient (Wildman–Crippen LogP) is 3.76. The van der Waals surface area contributed by atoms with E-state index >= 15 is 0 Å². The van der Waals surface area contributed by atoms with Crippen molar-refractivity contribution in [2.24, 2.45) is 0 Å². The third-order valence-electron chi connectivity index (χ3n) is 3.68. The Hall–Kier alpha value is -2.14. The molecule has 128 valence electrons. The Morgan fingerprint density at radius 3 is 2.33 bits per heavy atom. The molecule has 4 nitrogen and oxygen atoms in total. The van der Waals surface area contributed by atoms with E-state index < -0.39 is 0 Å². The molecular formula is C19H23NO3S. The summed E-state index contributed by atoms with van der Waals surface area (Å²) in [6, 6.07) is 13.9. The van der Waals surface area contributed by atoms with Gasteiger partial charge in [0, 0.05) is 18.5 Å². The first-order chi connectivity index (χ1) is 11.5. The van der Waals surface area contributed by atoms with E-state index in [1.807, 2.05) is 25.2 Å². The van der Waals surface area contributed by atoms with Crippen molar-refractivity contribution in [2.45, 2.75) is 18.4 Å². The molecule has 1 amide bonds. The molecule has 0 aliphatic rings. The number of nitrogens with zero attached hydrogens (tertiary/aromatic N) is 1. The second-order valence-electron chi connectivity index (χ2n) is 5.54. The second-order valence-corrected chi connectivity index (χ2v) is 6.59. The molecule has 0 radical (unpaired) electrons. The van der Waals surface area contributed by atoms with Crippen molar-refractivity contribution in [2.75, 3.05) is 27.0 Å². The van der Waals surface area contributed by atoms with Crippen LogP contribution in [0.2, 0.25) is 0 Å². The third kappa shape index (κ3) is 4.93. The number of carbonyl (C=O) groups excluding carboxylic acids is 1. The molecule has 0 saturated carbocycles. The van der Waals surface area contributed by atoms with Crippen LogP contribution < -0.4 is 9.47 Å². The lowest BCUT2D eigenvalue weighted by Crippen LogP contribution is -2.27. The first-order valence-corrected chi connectivity index (χ1v) is 8.66. The minimum absolute atomic E-state index is 0.0929. The van der Waals surface area contributed by atoms with E-state index in [0.29, 0.717) is 23.8 Å². The molecular weight excluding hydrogens is 322 g/mol. The molecule has 24 heavy (non-hydrogen) atoms. The maximum absolute atomic E-state index is 12.3. The standard InChI is InChI=1S/C19H23NO3S/c1-14-5-7-15(8-6-14)12-20(2)19(21)13-24-16-9-10-17(22-3)18(11-16)23-4/h5-11H,12-13H2,1-4H3. The maximum Gasteiger partial charge on any atom is 0.232 e. The van der Waals surface area contributed by atoms with E-state index in [1.165, 1.54) is 17.3 Å². The molecule has 0 atom stereocenters. The number of amides is 1. The van der Waals surface area contributed by atoms with Crippen LogP contribution in [-0.4, -0.2) is 37.8 Å². The predicted molar refractivity (Wildman–Crippen MR) is 97.9 cm³/mol. The number of methoxy groups -OCH3 is 2. The number of rotatable bonds is 7. The molecule has 0 bridgehead atoms. The largest absolute Gasteiger partial charge is 0.493 e. The average Bonchev–Trinajstić information content (AvgIpc) is 2.61. The zero-order chi connectivity index (χ0) is 17.5. The summed E-state index contributed by atoms with van der Waals surface area (Å²) in [6.07, 6.45) is 0. The molecule has 2 aromatic carbocycles. The van der Waals surface area contributed by atoms with Crippen molar-refractivity contribution in [1.82, 2.24) is 4.90 Å². The lowest BCUT2D eigenvalue weighted by atomic mass is 10.1. The minimum atomic E-state index is 0.0929. The highest BCUT2D eigenvalue weighted by molar-refractivity contribution is 8.00. The Balaban J connectivity index is 1.91. The van der Waals surface area contributed by atoms with E-state index in [9.17, 15) is 4.79 Å². The first-order valence-electron chi connectivity index (χ1n) is 7.68. The number of carbonyl (C=O) groups is 1. The van der Waals surface area contributed by atoms with E-state index in [1.54, 1.807) is 19.1 Å². The van der Waals surface area contributed by atoms with Gasteiger partial charge in [0.2, 0.25) is 5.91 Å². The highest BCUT2D eigenvalue weighted by Gasteiger charge is 2.11. The average molecular weight is 345 g/mol. The molecule has 0 unspecified atom stereocenters. The molecule has 0 spiro atoms. The van der Waals surface area contributed by atoms with Gasteiger partial charge >= 0.3 is 0 Å². The Morgan fingerprint density at radius 2 is 1.71 bits per heavy atom. The van der Waals surface area contributed by atoms with Crippen LogP contribution in [0.15, 0.2) is 47.4 Å². The van der Waals surface area contributed by atoms with Crippen LogP contribution in [0.1, 0.15) is 11.1 Å². The van der Waals surface area contributed by atoms with Crippen molar-refractivity contribution in [3.8, 4) is 11.5 Å². The van der Waals surface area contributed by atoms with Crippen LogP contribution in [0, 0.1) is 6.92 Å². The number of thioether (sulfide) groups is 1. The van der Waals surface area contributed by atoms with Gasteiger partial charge < -0.3 is 14.4 Å². The summed E-state index contributed by atoms with van der Waals surface area (Å²) in [5.74, 6) is 1.83. The molecule has 0 aliphatic heterocycles. The van der Waals surface area contributed by atoms with Crippen molar-refractivity contribution in [1.29, 1.82) is 0 Å². The lowest BCUT2D eigenvalue weighted by molar-refractivity contribution is -0.127. The quantitative estimate of drug-likeness (QED) is 0.716. The molecule has 0 heterocycles.